The molecule has 2 unspecified atom stereocenters. The largest absolute Gasteiger partial charge is 0.455 e. The van der Waals surface area contributed by atoms with E-state index in [-0.39, 0.29) is 6.04 Å². The summed E-state index contributed by atoms with van der Waals surface area (Å²) in [5, 5.41) is 2.32. The Morgan fingerprint density at radius 1 is 0.814 bits per heavy atom. The van der Waals surface area contributed by atoms with Crippen LogP contribution in [0.4, 0.5) is 0 Å². The smallest absolute Gasteiger partial charge is 0.145 e. The lowest BCUT2D eigenvalue weighted by molar-refractivity contribution is 0.473. The standard InChI is InChI=1S/C40H38N2O/c1-7-33-30-12-10-9-11-29(30)31-15-13-27-21-26(6)38-32-16-14-28(37-24(4)19-23(3)20-25(37)5)22-36(32)43-40(38)39(27)34(8-2)41-18-17-35(31)42-33/h7-12,14,16,19-22,31,35H,1-2,13,15,17-18H2,3-6H3. The van der Waals surface area contributed by atoms with Crippen molar-refractivity contribution >= 4 is 33.4 Å². The SMILES string of the molecule is C=CC1=NC2CCN=C(C=C)c3c(cc(C)c4c3oc3cc(-c5c(C)cc(C)cc5C)ccc34)CCC2c2ccccc21. The van der Waals surface area contributed by atoms with E-state index >= 15 is 0 Å². The molecule has 1 aromatic heterocycles. The highest BCUT2D eigenvalue weighted by atomic mass is 16.3. The molecule has 0 saturated heterocycles. The summed E-state index contributed by atoms with van der Waals surface area (Å²) in [6, 6.07) is 22.5. The number of hydrogen-bond acceptors (Lipinski definition) is 3. The molecule has 3 nitrogen and oxygen atoms in total. The maximum Gasteiger partial charge on any atom is 0.145 e. The van der Waals surface area contributed by atoms with Gasteiger partial charge >= 0.3 is 0 Å². The van der Waals surface area contributed by atoms with Gasteiger partial charge in [-0.2, -0.15) is 0 Å². The van der Waals surface area contributed by atoms with Gasteiger partial charge in [0, 0.05) is 34.4 Å². The fourth-order valence-electron chi connectivity index (χ4n) is 7.73. The summed E-state index contributed by atoms with van der Waals surface area (Å²) < 4.78 is 6.83. The molecule has 7 rings (SSSR count). The van der Waals surface area contributed by atoms with Crippen LogP contribution >= 0.6 is 0 Å². The monoisotopic (exact) mass is 562 g/mol. The topological polar surface area (TPSA) is 37.9 Å². The Hall–Kier alpha value is -4.50. The zero-order chi connectivity index (χ0) is 29.8. The second kappa shape index (κ2) is 10.6. The number of aliphatic imine (C=N–C) groups is 2. The molecule has 3 heteroatoms. The van der Waals surface area contributed by atoms with E-state index in [0.717, 1.165) is 52.8 Å². The van der Waals surface area contributed by atoms with Gasteiger partial charge in [-0.25, -0.2) is 0 Å². The summed E-state index contributed by atoms with van der Waals surface area (Å²) in [6.07, 6.45) is 6.61. The quantitative estimate of drug-likeness (QED) is 0.216. The van der Waals surface area contributed by atoms with Crippen LogP contribution in [0.1, 0.15) is 63.3 Å². The van der Waals surface area contributed by atoms with Crippen LogP contribution in [0.5, 0.6) is 0 Å². The van der Waals surface area contributed by atoms with E-state index in [9.17, 15) is 0 Å². The van der Waals surface area contributed by atoms with E-state index in [4.69, 9.17) is 14.4 Å². The van der Waals surface area contributed by atoms with Crippen LogP contribution in [0.3, 0.4) is 0 Å². The van der Waals surface area contributed by atoms with Gasteiger partial charge in [-0.15, -0.1) is 0 Å². The van der Waals surface area contributed by atoms with Crippen LogP contribution in [0.15, 0.2) is 100 Å². The van der Waals surface area contributed by atoms with Crippen molar-refractivity contribution in [3.05, 3.63) is 130 Å². The number of aryl methyl sites for hydroxylation is 5. The Labute approximate surface area is 254 Å². The number of benzene rings is 4. The predicted molar refractivity (Wildman–Crippen MR) is 182 cm³/mol. The van der Waals surface area contributed by atoms with Crippen molar-refractivity contribution in [3.63, 3.8) is 0 Å². The number of fused-ring (bicyclic) bond motifs is 8. The molecule has 0 spiro atoms. The Morgan fingerprint density at radius 3 is 2.35 bits per heavy atom. The first-order chi connectivity index (χ1) is 20.9. The first-order valence-electron chi connectivity index (χ1n) is 15.4. The summed E-state index contributed by atoms with van der Waals surface area (Å²) in [5.74, 6) is 0.337. The second-order valence-electron chi connectivity index (χ2n) is 12.3. The molecule has 0 N–H and O–H groups in total. The molecule has 0 aliphatic carbocycles. The number of rotatable bonds is 3. The minimum absolute atomic E-state index is 0.183. The minimum Gasteiger partial charge on any atom is -0.455 e. The Kier molecular flexibility index (Phi) is 6.77. The summed E-state index contributed by atoms with van der Waals surface area (Å²) in [4.78, 5) is 10.3. The van der Waals surface area contributed by atoms with Gasteiger partial charge in [0.25, 0.3) is 0 Å². The first-order valence-corrected chi connectivity index (χ1v) is 15.4. The van der Waals surface area contributed by atoms with E-state index in [0.29, 0.717) is 12.5 Å². The van der Waals surface area contributed by atoms with Gasteiger partial charge in [-0.1, -0.05) is 67.3 Å². The molecular formula is C40H38N2O. The van der Waals surface area contributed by atoms with Crippen molar-refractivity contribution in [2.24, 2.45) is 9.98 Å². The molecule has 2 aliphatic heterocycles. The molecule has 0 saturated carbocycles. The molecular weight excluding hydrogens is 524 g/mol. The number of furan rings is 1. The normalized spacial score (nSPS) is 18.3. The molecule has 2 atom stereocenters. The highest BCUT2D eigenvalue weighted by molar-refractivity contribution is 6.20. The van der Waals surface area contributed by atoms with Crippen molar-refractivity contribution in [2.75, 3.05) is 6.54 Å². The van der Waals surface area contributed by atoms with Crippen molar-refractivity contribution in [3.8, 4) is 11.1 Å². The molecule has 0 bridgehead atoms. The van der Waals surface area contributed by atoms with Crippen LogP contribution in [-0.4, -0.2) is 24.0 Å². The number of allylic oxidation sites excluding steroid dienone is 2. The average Bonchev–Trinajstić information content (AvgIpc) is 3.37. The lowest BCUT2D eigenvalue weighted by atomic mass is 9.78. The molecule has 0 radical (unpaired) electrons. The van der Waals surface area contributed by atoms with E-state index in [1.54, 1.807) is 0 Å². The Balaban J connectivity index is 1.39. The van der Waals surface area contributed by atoms with Gasteiger partial charge in [-0.05, 0) is 110 Å². The summed E-state index contributed by atoms with van der Waals surface area (Å²) in [5.41, 5.74) is 16.3. The molecule has 5 aromatic rings. The van der Waals surface area contributed by atoms with Gasteiger partial charge < -0.3 is 4.42 Å². The lowest BCUT2D eigenvalue weighted by Crippen LogP contribution is -2.27. The Bertz CT molecular complexity index is 2000. The third kappa shape index (κ3) is 4.50. The Morgan fingerprint density at radius 2 is 1.58 bits per heavy atom. The zero-order valence-corrected chi connectivity index (χ0v) is 25.6. The van der Waals surface area contributed by atoms with Crippen molar-refractivity contribution < 1.29 is 4.42 Å². The molecule has 0 fully saturated rings. The van der Waals surface area contributed by atoms with E-state index in [2.05, 4.69) is 102 Å². The molecule has 3 heterocycles. The fraction of sp³-hybridized carbons (Fsp3) is 0.250. The van der Waals surface area contributed by atoms with E-state index < -0.39 is 0 Å². The van der Waals surface area contributed by atoms with Crippen LogP contribution in [0, 0.1) is 27.7 Å². The van der Waals surface area contributed by atoms with Crippen molar-refractivity contribution in [2.45, 2.75) is 58.9 Å². The van der Waals surface area contributed by atoms with Gasteiger partial charge in [0.2, 0.25) is 0 Å². The fourth-order valence-corrected chi connectivity index (χ4v) is 7.73. The van der Waals surface area contributed by atoms with E-state index in [1.165, 1.54) is 55.5 Å². The molecule has 0 amide bonds. The highest BCUT2D eigenvalue weighted by Crippen LogP contribution is 2.41. The van der Waals surface area contributed by atoms with E-state index in [1.807, 2.05) is 12.2 Å². The second-order valence-corrected chi connectivity index (χ2v) is 12.3. The van der Waals surface area contributed by atoms with Crippen LogP contribution < -0.4 is 0 Å². The van der Waals surface area contributed by atoms with Gasteiger partial charge in [0.1, 0.15) is 11.2 Å². The predicted octanol–water partition coefficient (Wildman–Crippen LogP) is 9.94. The lowest BCUT2D eigenvalue weighted by Gasteiger charge is -2.32. The minimum atomic E-state index is 0.183. The highest BCUT2D eigenvalue weighted by Gasteiger charge is 2.31. The van der Waals surface area contributed by atoms with Crippen LogP contribution in [-0.2, 0) is 6.42 Å². The number of hydrogen-bond donors (Lipinski definition) is 0. The van der Waals surface area contributed by atoms with Crippen molar-refractivity contribution in [1.82, 2.24) is 0 Å². The average molecular weight is 563 g/mol. The van der Waals surface area contributed by atoms with Crippen LogP contribution in [0.2, 0.25) is 0 Å². The maximum atomic E-state index is 6.83. The molecule has 4 aromatic carbocycles. The zero-order valence-electron chi connectivity index (χ0n) is 25.6. The first kappa shape index (κ1) is 27.3. The summed E-state index contributed by atoms with van der Waals surface area (Å²) in [6.45, 7) is 17.7. The maximum absolute atomic E-state index is 6.83. The van der Waals surface area contributed by atoms with Crippen LogP contribution in [0.25, 0.3) is 33.1 Å². The van der Waals surface area contributed by atoms with Gasteiger partial charge in [-0.3, -0.25) is 9.98 Å². The summed E-state index contributed by atoms with van der Waals surface area (Å²) in [7, 11) is 0. The van der Waals surface area contributed by atoms with Crippen molar-refractivity contribution in [1.29, 1.82) is 0 Å². The molecule has 43 heavy (non-hydrogen) atoms. The molecule has 2 aliphatic rings. The number of nitrogens with zero attached hydrogens (tertiary/aromatic N) is 2. The van der Waals surface area contributed by atoms with Gasteiger partial charge in [0.15, 0.2) is 0 Å². The molecule has 214 valence electrons. The third-order valence-corrected chi connectivity index (χ3v) is 9.47. The summed E-state index contributed by atoms with van der Waals surface area (Å²) >= 11 is 0. The third-order valence-electron chi connectivity index (χ3n) is 9.47. The van der Waals surface area contributed by atoms with Gasteiger partial charge in [0.05, 0.1) is 17.5 Å².